The number of hydrogen-bond donors (Lipinski definition) is 1. The van der Waals surface area contributed by atoms with Crippen molar-refractivity contribution >= 4 is 17.2 Å². The van der Waals surface area contributed by atoms with E-state index < -0.39 is 0 Å². The standard InChI is InChI=1S/C24H25N5O/c1-24(2,3)19-8-6-18(7-9-19)21(30)13-20-14-23(29-22(28-20)10-12-27-29)26-16-17-5-4-11-25-15-17/h4-12,14-15,26H,13,16H2,1-3H3. The van der Waals surface area contributed by atoms with Crippen LogP contribution in [0.15, 0.2) is 67.1 Å². The largest absolute Gasteiger partial charge is 0.366 e. The van der Waals surface area contributed by atoms with Gasteiger partial charge in [-0.25, -0.2) is 4.98 Å². The first kappa shape index (κ1) is 19.8. The molecular formula is C24H25N5O. The van der Waals surface area contributed by atoms with Crippen molar-refractivity contribution in [1.82, 2.24) is 19.6 Å². The van der Waals surface area contributed by atoms with Crippen LogP contribution in [-0.4, -0.2) is 25.4 Å². The Labute approximate surface area is 176 Å². The van der Waals surface area contributed by atoms with Crippen molar-refractivity contribution < 1.29 is 4.79 Å². The topological polar surface area (TPSA) is 72.2 Å². The predicted octanol–water partition coefficient (Wildman–Crippen LogP) is 4.46. The molecule has 4 aromatic rings. The van der Waals surface area contributed by atoms with Crippen molar-refractivity contribution in [3.8, 4) is 0 Å². The summed E-state index contributed by atoms with van der Waals surface area (Å²) in [5.41, 5.74) is 4.44. The predicted molar refractivity (Wildman–Crippen MR) is 118 cm³/mol. The van der Waals surface area contributed by atoms with Gasteiger partial charge in [-0.2, -0.15) is 9.61 Å². The molecule has 1 N–H and O–H groups in total. The van der Waals surface area contributed by atoms with Crippen LogP contribution in [0.2, 0.25) is 0 Å². The number of aromatic nitrogens is 4. The quantitative estimate of drug-likeness (QED) is 0.485. The minimum Gasteiger partial charge on any atom is -0.366 e. The molecule has 0 spiro atoms. The van der Waals surface area contributed by atoms with Gasteiger partial charge in [0.05, 0.1) is 18.3 Å². The second-order valence-electron chi connectivity index (χ2n) is 8.38. The van der Waals surface area contributed by atoms with Gasteiger partial charge in [-0.3, -0.25) is 9.78 Å². The Balaban J connectivity index is 1.54. The minimum atomic E-state index is 0.0463. The van der Waals surface area contributed by atoms with E-state index in [4.69, 9.17) is 0 Å². The monoisotopic (exact) mass is 399 g/mol. The molecule has 0 bridgehead atoms. The molecule has 0 radical (unpaired) electrons. The molecule has 3 aromatic heterocycles. The molecule has 6 heteroatoms. The first-order chi connectivity index (χ1) is 14.4. The maximum absolute atomic E-state index is 12.8. The molecule has 3 heterocycles. The molecule has 4 rings (SSSR count). The lowest BCUT2D eigenvalue weighted by atomic mass is 9.86. The third-order valence-electron chi connectivity index (χ3n) is 5.02. The van der Waals surface area contributed by atoms with E-state index in [0.29, 0.717) is 23.4 Å². The van der Waals surface area contributed by atoms with E-state index in [1.54, 1.807) is 16.9 Å². The lowest BCUT2D eigenvalue weighted by molar-refractivity contribution is 0.0992. The molecule has 6 nitrogen and oxygen atoms in total. The zero-order valence-corrected chi connectivity index (χ0v) is 17.5. The van der Waals surface area contributed by atoms with Crippen molar-refractivity contribution in [2.45, 2.75) is 39.2 Å². The Morgan fingerprint density at radius 3 is 2.57 bits per heavy atom. The Morgan fingerprint density at radius 2 is 1.87 bits per heavy atom. The van der Waals surface area contributed by atoms with Crippen LogP contribution in [-0.2, 0) is 18.4 Å². The van der Waals surface area contributed by atoms with E-state index in [9.17, 15) is 4.79 Å². The number of pyridine rings is 1. The highest BCUT2D eigenvalue weighted by molar-refractivity contribution is 5.97. The lowest BCUT2D eigenvalue weighted by Crippen LogP contribution is -2.12. The van der Waals surface area contributed by atoms with Gasteiger partial charge in [0, 0.05) is 36.6 Å². The van der Waals surface area contributed by atoms with Crippen molar-refractivity contribution in [2.75, 3.05) is 5.32 Å². The van der Waals surface area contributed by atoms with Crippen molar-refractivity contribution in [2.24, 2.45) is 0 Å². The molecule has 0 aliphatic rings. The number of Topliss-reactive ketones (excluding diaryl/α,β-unsaturated/α-hetero) is 1. The van der Waals surface area contributed by atoms with Gasteiger partial charge in [0.15, 0.2) is 11.4 Å². The van der Waals surface area contributed by atoms with E-state index in [-0.39, 0.29) is 17.6 Å². The maximum Gasteiger partial charge on any atom is 0.168 e. The molecule has 0 saturated carbocycles. The zero-order valence-electron chi connectivity index (χ0n) is 17.5. The summed E-state index contributed by atoms with van der Waals surface area (Å²) >= 11 is 0. The van der Waals surface area contributed by atoms with E-state index >= 15 is 0 Å². The molecule has 1 aromatic carbocycles. The summed E-state index contributed by atoms with van der Waals surface area (Å²) < 4.78 is 1.74. The summed E-state index contributed by atoms with van der Waals surface area (Å²) in [6.45, 7) is 7.09. The fraction of sp³-hybridized carbons (Fsp3) is 0.250. The minimum absolute atomic E-state index is 0.0463. The summed E-state index contributed by atoms with van der Waals surface area (Å²) in [5.74, 6) is 0.838. The van der Waals surface area contributed by atoms with Gasteiger partial charge in [0.2, 0.25) is 0 Å². The maximum atomic E-state index is 12.8. The van der Waals surface area contributed by atoms with E-state index in [1.165, 1.54) is 5.56 Å². The van der Waals surface area contributed by atoms with Crippen molar-refractivity contribution in [3.05, 3.63) is 89.5 Å². The van der Waals surface area contributed by atoms with Gasteiger partial charge >= 0.3 is 0 Å². The second-order valence-corrected chi connectivity index (χ2v) is 8.38. The molecule has 0 fully saturated rings. The number of ketones is 1. The average molecular weight is 399 g/mol. The number of benzene rings is 1. The Bertz CT molecular complexity index is 1160. The fourth-order valence-corrected chi connectivity index (χ4v) is 3.30. The highest BCUT2D eigenvalue weighted by Gasteiger charge is 2.15. The van der Waals surface area contributed by atoms with Crippen LogP contribution in [0.5, 0.6) is 0 Å². The van der Waals surface area contributed by atoms with Crippen LogP contribution in [0.1, 0.15) is 48.0 Å². The molecule has 30 heavy (non-hydrogen) atoms. The third-order valence-corrected chi connectivity index (χ3v) is 5.02. The van der Waals surface area contributed by atoms with Gasteiger partial charge in [-0.05, 0) is 22.6 Å². The molecule has 0 saturated heterocycles. The second kappa shape index (κ2) is 8.06. The number of rotatable bonds is 6. The van der Waals surface area contributed by atoms with Crippen LogP contribution < -0.4 is 5.32 Å². The molecule has 0 amide bonds. The zero-order chi connectivity index (χ0) is 21.1. The van der Waals surface area contributed by atoms with Gasteiger partial charge in [0.1, 0.15) is 5.82 Å². The van der Waals surface area contributed by atoms with Crippen LogP contribution in [0.4, 0.5) is 5.82 Å². The van der Waals surface area contributed by atoms with E-state index in [0.717, 1.165) is 11.4 Å². The van der Waals surface area contributed by atoms with E-state index in [2.05, 4.69) is 41.2 Å². The highest BCUT2D eigenvalue weighted by atomic mass is 16.1. The van der Waals surface area contributed by atoms with Crippen LogP contribution in [0, 0.1) is 0 Å². The van der Waals surface area contributed by atoms with Gasteiger partial charge in [0.25, 0.3) is 0 Å². The first-order valence-electron chi connectivity index (χ1n) is 10.0. The number of nitrogens with zero attached hydrogens (tertiary/aromatic N) is 4. The fourth-order valence-electron chi connectivity index (χ4n) is 3.30. The van der Waals surface area contributed by atoms with Crippen LogP contribution in [0.25, 0.3) is 5.65 Å². The summed E-state index contributed by atoms with van der Waals surface area (Å²) in [6.07, 6.45) is 5.51. The third kappa shape index (κ3) is 4.38. The number of fused-ring (bicyclic) bond motifs is 1. The van der Waals surface area contributed by atoms with Gasteiger partial charge in [-0.1, -0.05) is 51.1 Å². The normalized spacial score (nSPS) is 11.6. The summed E-state index contributed by atoms with van der Waals surface area (Å²) in [6, 6.07) is 15.5. The Hall–Kier alpha value is -3.54. The Morgan fingerprint density at radius 1 is 1.07 bits per heavy atom. The molecule has 0 aliphatic carbocycles. The number of anilines is 1. The number of carbonyl (C=O) groups excluding carboxylic acids is 1. The summed E-state index contributed by atoms with van der Waals surface area (Å²) in [5, 5.41) is 7.71. The molecule has 152 valence electrons. The highest BCUT2D eigenvalue weighted by Crippen LogP contribution is 2.23. The molecule has 0 atom stereocenters. The average Bonchev–Trinajstić information content (AvgIpc) is 3.21. The molecule has 0 aliphatic heterocycles. The Kier molecular flexibility index (Phi) is 5.31. The van der Waals surface area contributed by atoms with E-state index in [1.807, 2.05) is 54.7 Å². The summed E-state index contributed by atoms with van der Waals surface area (Å²) in [7, 11) is 0. The first-order valence-corrected chi connectivity index (χ1v) is 10.0. The van der Waals surface area contributed by atoms with Gasteiger partial charge in [-0.15, -0.1) is 0 Å². The number of carbonyl (C=O) groups is 1. The molecular weight excluding hydrogens is 374 g/mol. The van der Waals surface area contributed by atoms with Gasteiger partial charge < -0.3 is 5.32 Å². The SMILES string of the molecule is CC(C)(C)c1ccc(C(=O)Cc2cc(NCc3cccnc3)n3nccc3n2)cc1. The molecule has 0 unspecified atom stereocenters. The van der Waals surface area contributed by atoms with Crippen LogP contribution in [0.3, 0.4) is 0 Å². The summed E-state index contributed by atoms with van der Waals surface area (Å²) in [4.78, 5) is 21.6. The smallest absolute Gasteiger partial charge is 0.168 e. The number of hydrogen-bond acceptors (Lipinski definition) is 5. The van der Waals surface area contributed by atoms with Crippen molar-refractivity contribution in [1.29, 1.82) is 0 Å². The van der Waals surface area contributed by atoms with Crippen LogP contribution >= 0.6 is 0 Å². The van der Waals surface area contributed by atoms with Crippen molar-refractivity contribution in [3.63, 3.8) is 0 Å². The number of nitrogens with one attached hydrogen (secondary N) is 1. The lowest BCUT2D eigenvalue weighted by Gasteiger charge is -2.19.